The molecule has 2 heterocycles. The number of aromatic nitrogens is 1. The fourth-order valence-corrected chi connectivity index (χ4v) is 2.37. The van der Waals surface area contributed by atoms with Gasteiger partial charge in [0.25, 0.3) is 0 Å². The molecule has 3 aromatic rings. The number of nitriles is 1. The molecule has 0 radical (unpaired) electrons. The number of para-hydroxylation sites is 1. The summed E-state index contributed by atoms with van der Waals surface area (Å²) in [6, 6.07) is 9.37. The molecule has 0 saturated carbocycles. The Morgan fingerprint density at radius 1 is 1.42 bits per heavy atom. The van der Waals surface area contributed by atoms with Gasteiger partial charge in [-0.2, -0.15) is 5.26 Å². The third-order valence-corrected chi connectivity index (χ3v) is 3.38. The molecular formula is C13H9N3O2S. The van der Waals surface area contributed by atoms with Gasteiger partial charge in [0.1, 0.15) is 18.3 Å². The summed E-state index contributed by atoms with van der Waals surface area (Å²) in [6.45, 7) is 0.313. The van der Waals surface area contributed by atoms with Gasteiger partial charge in [-0.3, -0.25) is 0 Å². The maximum absolute atomic E-state index is 9.07. The highest BCUT2D eigenvalue weighted by atomic mass is 32.1. The molecule has 0 aliphatic rings. The maximum atomic E-state index is 9.07. The van der Waals surface area contributed by atoms with Gasteiger partial charge in [-0.1, -0.05) is 23.5 Å². The predicted octanol–water partition coefficient (Wildman–Crippen LogP) is 2.92. The zero-order valence-corrected chi connectivity index (χ0v) is 10.6. The second-order valence-electron chi connectivity index (χ2n) is 3.82. The SMILES string of the molecule is N#Cc1oc2ccccc2c1OCc1cnc(N)s1. The molecule has 1 aromatic carbocycles. The molecule has 0 aliphatic heterocycles. The van der Waals surface area contributed by atoms with Crippen LogP contribution in [0.1, 0.15) is 10.6 Å². The number of nitrogens with two attached hydrogens (primary N) is 1. The zero-order valence-electron chi connectivity index (χ0n) is 9.79. The van der Waals surface area contributed by atoms with Gasteiger partial charge in [0, 0.05) is 6.20 Å². The molecule has 3 rings (SSSR count). The molecule has 0 bridgehead atoms. The molecule has 0 spiro atoms. The normalized spacial score (nSPS) is 10.5. The largest absolute Gasteiger partial charge is 0.483 e. The summed E-state index contributed by atoms with van der Waals surface area (Å²) in [6.07, 6.45) is 1.66. The van der Waals surface area contributed by atoms with Gasteiger partial charge in [0.15, 0.2) is 10.9 Å². The Morgan fingerprint density at radius 2 is 2.26 bits per heavy atom. The van der Waals surface area contributed by atoms with E-state index in [0.717, 1.165) is 10.3 Å². The molecule has 6 heteroatoms. The lowest BCUT2D eigenvalue weighted by molar-refractivity contribution is 0.307. The van der Waals surface area contributed by atoms with Crippen molar-refractivity contribution in [2.45, 2.75) is 6.61 Å². The zero-order chi connectivity index (χ0) is 13.2. The summed E-state index contributed by atoms with van der Waals surface area (Å²) in [4.78, 5) is 4.84. The van der Waals surface area contributed by atoms with Crippen LogP contribution in [0.15, 0.2) is 34.9 Å². The standard InChI is InChI=1S/C13H9N3O2S/c14-5-11-12(9-3-1-2-4-10(9)18-11)17-7-8-6-16-13(15)19-8/h1-4,6H,7H2,(H2,15,16). The third kappa shape index (κ3) is 2.11. The van der Waals surface area contributed by atoms with Crippen molar-refractivity contribution in [2.24, 2.45) is 0 Å². The number of rotatable bonds is 3. The number of thiazole rings is 1. The second kappa shape index (κ2) is 4.63. The van der Waals surface area contributed by atoms with Crippen molar-refractivity contribution in [3.05, 3.63) is 41.1 Å². The Morgan fingerprint density at radius 3 is 3.00 bits per heavy atom. The van der Waals surface area contributed by atoms with E-state index < -0.39 is 0 Å². The van der Waals surface area contributed by atoms with Crippen molar-refractivity contribution in [3.63, 3.8) is 0 Å². The highest BCUT2D eigenvalue weighted by Gasteiger charge is 2.15. The smallest absolute Gasteiger partial charge is 0.246 e. The lowest BCUT2D eigenvalue weighted by Crippen LogP contribution is -1.93. The number of furan rings is 1. The van der Waals surface area contributed by atoms with E-state index in [9.17, 15) is 0 Å². The number of fused-ring (bicyclic) bond motifs is 1. The van der Waals surface area contributed by atoms with Gasteiger partial charge >= 0.3 is 0 Å². The minimum atomic E-state index is 0.179. The second-order valence-corrected chi connectivity index (χ2v) is 4.97. The van der Waals surface area contributed by atoms with E-state index in [1.807, 2.05) is 24.3 Å². The Bertz CT molecular complexity index is 770. The van der Waals surface area contributed by atoms with Crippen LogP contribution in [0.25, 0.3) is 11.0 Å². The first-order valence-corrected chi connectivity index (χ1v) is 6.34. The first-order valence-electron chi connectivity index (χ1n) is 5.52. The molecule has 2 aromatic heterocycles. The summed E-state index contributed by atoms with van der Waals surface area (Å²) in [5, 5.41) is 10.4. The molecule has 0 unspecified atom stereocenters. The van der Waals surface area contributed by atoms with Crippen LogP contribution in [0.4, 0.5) is 5.13 Å². The molecule has 94 valence electrons. The quantitative estimate of drug-likeness (QED) is 0.791. The number of hydrogen-bond donors (Lipinski definition) is 1. The summed E-state index contributed by atoms with van der Waals surface area (Å²) in [7, 11) is 0. The number of benzene rings is 1. The predicted molar refractivity (Wildman–Crippen MR) is 71.8 cm³/mol. The molecule has 0 fully saturated rings. The fourth-order valence-electron chi connectivity index (χ4n) is 1.77. The highest BCUT2D eigenvalue weighted by molar-refractivity contribution is 7.15. The van der Waals surface area contributed by atoms with E-state index in [1.54, 1.807) is 12.3 Å². The van der Waals surface area contributed by atoms with Crippen LogP contribution < -0.4 is 10.5 Å². The van der Waals surface area contributed by atoms with Crippen LogP contribution in [0.3, 0.4) is 0 Å². The van der Waals surface area contributed by atoms with Crippen LogP contribution in [0, 0.1) is 11.3 Å². The molecule has 0 amide bonds. The Balaban J connectivity index is 1.93. The summed E-state index contributed by atoms with van der Waals surface area (Å²) >= 11 is 1.36. The summed E-state index contributed by atoms with van der Waals surface area (Å²) in [5.41, 5.74) is 6.19. The molecule has 0 atom stereocenters. The lowest BCUT2D eigenvalue weighted by Gasteiger charge is -2.01. The summed E-state index contributed by atoms with van der Waals surface area (Å²) in [5.74, 6) is 0.642. The van der Waals surface area contributed by atoms with Crippen LogP contribution in [-0.4, -0.2) is 4.98 Å². The molecule has 0 saturated heterocycles. The van der Waals surface area contributed by atoms with Crippen LogP contribution >= 0.6 is 11.3 Å². The van der Waals surface area contributed by atoms with Crippen molar-refractivity contribution >= 4 is 27.4 Å². The van der Waals surface area contributed by atoms with Crippen molar-refractivity contribution in [1.82, 2.24) is 4.98 Å². The van der Waals surface area contributed by atoms with E-state index in [-0.39, 0.29) is 5.76 Å². The summed E-state index contributed by atoms with van der Waals surface area (Å²) < 4.78 is 11.1. The number of nitrogen functional groups attached to an aromatic ring is 1. The molecule has 0 aliphatic carbocycles. The van der Waals surface area contributed by atoms with Gasteiger partial charge in [-0.25, -0.2) is 4.98 Å². The highest BCUT2D eigenvalue weighted by Crippen LogP contribution is 2.33. The third-order valence-electron chi connectivity index (χ3n) is 2.58. The maximum Gasteiger partial charge on any atom is 0.246 e. The minimum Gasteiger partial charge on any atom is -0.483 e. The minimum absolute atomic E-state index is 0.179. The monoisotopic (exact) mass is 271 g/mol. The molecule has 19 heavy (non-hydrogen) atoms. The lowest BCUT2D eigenvalue weighted by atomic mass is 10.2. The van der Waals surface area contributed by atoms with E-state index in [2.05, 4.69) is 4.98 Å². The number of anilines is 1. The number of ether oxygens (including phenoxy) is 1. The average Bonchev–Trinajstić information content (AvgIpc) is 2.99. The topological polar surface area (TPSA) is 85.1 Å². The number of nitrogens with zero attached hydrogens (tertiary/aromatic N) is 2. The van der Waals surface area contributed by atoms with Crippen LogP contribution in [-0.2, 0) is 6.61 Å². The Hall–Kier alpha value is -2.52. The van der Waals surface area contributed by atoms with Gasteiger partial charge in [-0.05, 0) is 12.1 Å². The van der Waals surface area contributed by atoms with E-state index in [1.165, 1.54) is 11.3 Å². The van der Waals surface area contributed by atoms with Crippen molar-refractivity contribution < 1.29 is 9.15 Å². The Kier molecular flexibility index (Phi) is 2.82. The van der Waals surface area contributed by atoms with Crippen molar-refractivity contribution in [3.8, 4) is 11.8 Å². The van der Waals surface area contributed by atoms with Gasteiger partial charge in [-0.15, -0.1) is 0 Å². The van der Waals surface area contributed by atoms with Crippen molar-refractivity contribution in [1.29, 1.82) is 5.26 Å². The molecule has 5 nitrogen and oxygen atoms in total. The number of hydrogen-bond acceptors (Lipinski definition) is 6. The first-order chi connectivity index (χ1) is 9.28. The Labute approximate surface area is 112 Å². The molecular weight excluding hydrogens is 262 g/mol. The van der Waals surface area contributed by atoms with Gasteiger partial charge in [0.05, 0.1) is 10.3 Å². The average molecular weight is 271 g/mol. The van der Waals surface area contributed by atoms with Gasteiger partial charge in [0.2, 0.25) is 5.76 Å². The molecule has 2 N–H and O–H groups in total. The van der Waals surface area contributed by atoms with E-state index in [4.69, 9.17) is 20.1 Å². The van der Waals surface area contributed by atoms with Gasteiger partial charge < -0.3 is 14.9 Å². The fraction of sp³-hybridized carbons (Fsp3) is 0.0769. The van der Waals surface area contributed by atoms with Crippen molar-refractivity contribution in [2.75, 3.05) is 5.73 Å². The van der Waals surface area contributed by atoms with E-state index in [0.29, 0.717) is 23.1 Å². The van der Waals surface area contributed by atoms with E-state index >= 15 is 0 Å². The van der Waals surface area contributed by atoms with Crippen LogP contribution in [0.5, 0.6) is 5.75 Å². The van der Waals surface area contributed by atoms with Crippen LogP contribution in [0.2, 0.25) is 0 Å². The first kappa shape index (κ1) is 11.6.